The van der Waals surface area contributed by atoms with Crippen LogP contribution in [0.3, 0.4) is 0 Å². The highest BCUT2D eigenvalue weighted by Gasteiger charge is 2.44. The summed E-state index contributed by atoms with van der Waals surface area (Å²) in [6.07, 6.45) is 4.56. The molecule has 1 aromatic carbocycles. The molecule has 0 radical (unpaired) electrons. The second-order valence-electron chi connectivity index (χ2n) is 7.14. The van der Waals surface area contributed by atoms with Gasteiger partial charge in [0, 0.05) is 30.3 Å². The molecule has 3 heteroatoms. The Morgan fingerprint density at radius 1 is 1.22 bits per heavy atom. The number of aryl methyl sites for hydroxylation is 1. The van der Waals surface area contributed by atoms with Crippen molar-refractivity contribution in [1.29, 1.82) is 0 Å². The quantitative estimate of drug-likeness (QED) is 0.917. The van der Waals surface area contributed by atoms with Crippen LogP contribution in [0, 0.1) is 12.8 Å². The van der Waals surface area contributed by atoms with Crippen molar-refractivity contribution in [3.05, 3.63) is 65.5 Å². The van der Waals surface area contributed by atoms with Crippen LogP contribution in [0.1, 0.15) is 42.9 Å². The summed E-state index contributed by atoms with van der Waals surface area (Å²) in [6, 6.07) is 12.4. The summed E-state index contributed by atoms with van der Waals surface area (Å²) in [5.41, 5.74) is 3.70. The van der Waals surface area contributed by atoms with Gasteiger partial charge in [0.05, 0.1) is 0 Å². The van der Waals surface area contributed by atoms with Gasteiger partial charge in [0.1, 0.15) is 0 Å². The van der Waals surface area contributed by atoms with E-state index in [2.05, 4.69) is 49.3 Å². The minimum absolute atomic E-state index is 0.0916. The maximum Gasteiger partial charge on any atom is 0.223 e. The number of pyridine rings is 1. The third kappa shape index (κ3) is 3.44. The summed E-state index contributed by atoms with van der Waals surface area (Å²) >= 11 is 0. The molecule has 23 heavy (non-hydrogen) atoms. The standard InChI is InChI=1S/C20H24N2O/c1-14-6-4-5-7-16(14)17-12-18(17)19(23)22-13-20(2,3)15-8-10-21-11-9-15/h4-11,17-18H,12-13H2,1-3H3,(H,22,23)/t17-,18+/m1/s1. The molecule has 0 bridgehead atoms. The van der Waals surface area contributed by atoms with Crippen LogP contribution in [0.5, 0.6) is 0 Å². The van der Waals surface area contributed by atoms with Gasteiger partial charge in [-0.25, -0.2) is 0 Å². The summed E-state index contributed by atoms with van der Waals surface area (Å²) in [7, 11) is 0. The Morgan fingerprint density at radius 2 is 1.91 bits per heavy atom. The Kier molecular flexibility index (Phi) is 4.20. The van der Waals surface area contributed by atoms with E-state index in [-0.39, 0.29) is 17.2 Å². The first kappa shape index (κ1) is 15.7. The molecule has 0 saturated heterocycles. The van der Waals surface area contributed by atoms with E-state index >= 15 is 0 Å². The molecule has 1 aromatic heterocycles. The minimum atomic E-state index is -0.0916. The maximum atomic E-state index is 12.5. The molecule has 0 spiro atoms. The molecule has 1 aliphatic rings. The lowest BCUT2D eigenvalue weighted by atomic mass is 9.85. The van der Waals surface area contributed by atoms with Crippen molar-refractivity contribution in [3.63, 3.8) is 0 Å². The molecule has 1 heterocycles. The number of hydrogen-bond donors (Lipinski definition) is 1. The van der Waals surface area contributed by atoms with Crippen molar-refractivity contribution in [1.82, 2.24) is 10.3 Å². The molecule has 1 N–H and O–H groups in total. The lowest BCUT2D eigenvalue weighted by Gasteiger charge is -2.25. The maximum absolute atomic E-state index is 12.5. The number of amides is 1. The van der Waals surface area contributed by atoms with E-state index in [0.29, 0.717) is 12.5 Å². The molecule has 0 unspecified atom stereocenters. The fourth-order valence-electron chi connectivity index (χ4n) is 3.18. The van der Waals surface area contributed by atoms with E-state index in [1.54, 1.807) is 12.4 Å². The van der Waals surface area contributed by atoms with Crippen LogP contribution >= 0.6 is 0 Å². The summed E-state index contributed by atoms with van der Waals surface area (Å²) in [6.45, 7) is 7.06. The molecule has 2 aromatic rings. The first-order valence-corrected chi connectivity index (χ1v) is 8.23. The minimum Gasteiger partial charge on any atom is -0.355 e. The lowest BCUT2D eigenvalue weighted by molar-refractivity contribution is -0.122. The van der Waals surface area contributed by atoms with Crippen molar-refractivity contribution in [2.75, 3.05) is 6.54 Å². The Bertz CT molecular complexity index is 694. The number of aromatic nitrogens is 1. The predicted molar refractivity (Wildman–Crippen MR) is 92.3 cm³/mol. The largest absolute Gasteiger partial charge is 0.355 e. The van der Waals surface area contributed by atoms with Crippen molar-refractivity contribution in [2.24, 2.45) is 5.92 Å². The van der Waals surface area contributed by atoms with Crippen LogP contribution < -0.4 is 5.32 Å². The molecule has 1 amide bonds. The van der Waals surface area contributed by atoms with Crippen molar-refractivity contribution in [3.8, 4) is 0 Å². The summed E-state index contributed by atoms with van der Waals surface area (Å²) < 4.78 is 0. The number of carbonyl (C=O) groups is 1. The van der Waals surface area contributed by atoms with E-state index in [9.17, 15) is 4.79 Å². The Morgan fingerprint density at radius 3 is 2.61 bits per heavy atom. The smallest absolute Gasteiger partial charge is 0.223 e. The van der Waals surface area contributed by atoms with Gasteiger partial charge >= 0.3 is 0 Å². The zero-order chi connectivity index (χ0) is 16.4. The average Bonchev–Trinajstić information content (AvgIpc) is 3.34. The topological polar surface area (TPSA) is 42.0 Å². The summed E-state index contributed by atoms with van der Waals surface area (Å²) in [5.74, 6) is 0.699. The van der Waals surface area contributed by atoms with E-state index < -0.39 is 0 Å². The van der Waals surface area contributed by atoms with Gasteiger partial charge in [0.2, 0.25) is 5.91 Å². The second-order valence-corrected chi connectivity index (χ2v) is 7.14. The third-order valence-corrected chi connectivity index (χ3v) is 4.88. The van der Waals surface area contributed by atoms with E-state index in [1.807, 2.05) is 18.2 Å². The Balaban J connectivity index is 1.58. The monoisotopic (exact) mass is 308 g/mol. The highest BCUT2D eigenvalue weighted by Crippen LogP contribution is 2.48. The normalized spacial score (nSPS) is 20.1. The van der Waals surface area contributed by atoms with Crippen LogP contribution in [0.15, 0.2) is 48.8 Å². The zero-order valence-electron chi connectivity index (χ0n) is 14.0. The number of hydrogen-bond acceptors (Lipinski definition) is 2. The molecule has 1 saturated carbocycles. The van der Waals surface area contributed by atoms with Crippen molar-refractivity contribution in [2.45, 2.75) is 38.5 Å². The molecule has 120 valence electrons. The van der Waals surface area contributed by atoms with Crippen molar-refractivity contribution >= 4 is 5.91 Å². The fourth-order valence-corrected chi connectivity index (χ4v) is 3.18. The number of rotatable bonds is 5. The van der Waals surface area contributed by atoms with Gasteiger partial charge in [0.15, 0.2) is 0 Å². The number of carbonyl (C=O) groups excluding carboxylic acids is 1. The zero-order valence-corrected chi connectivity index (χ0v) is 14.0. The lowest BCUT2D eigenvalue weighted by Crippen LogP contribution is -2.37. The van der Waals surface area contributed by atoms with Crippen LogP contribution in [-0.2, 0) is 10.2 Å². The van der Waals surface area contributed by atoms with Gasteiger partial charge < -0.3 is 5.32 Å². The van der Waals surface area contributed by atoms with E-state index in [0.717, 1.165) is 6.42 Å². The fraction of sp³-hybridized carbons (Fsp3) is 0.400. The van der Waals surface area contributed by atoms with Crippen molar-refractivity contribution < 1.29 is 4.79 Å². The van der Waals surface area contributed by atoms with Crippen LogP contribution in [0.4, 0.5) is 0 Å². The number of nitrogens with zero attached hydrogens (tertiary/aromatic N) is 1. The highest BCUT2D eigenvalue weighted by molar-refractivity contribution is 5.83. The molecule has 2 atom stereocenters. The molecule has 3 rings (SSSR count). The first-order chi connectivity index (χ1) is 11.0. The Labute approximate surface area is 138 Å². The molecule has 1 fully saturated rings. The van der Waals surface area contributed by atoms with Gasteiger partial charge in [-0.3, -0.25) is 9.78 Å². The average molecular weight is 308 g/mol. The molecular weight excluding hydrogens is 284 g/mol. The highest BCUT2D eigenvalue weighted by atomic mass is 16.2. The Hall–Kier alpha value is -2.16. The summed E-state index contributed by atoms with van der Waals surface area (Å²) in [5, 5.41) is 3.14. The first-order valence-electron chi connectivity index (χ1n) is 8.23. The van der Waals surface area contributed by atoms with E-state index in [4.69, 9.17) is 0 Å². The molecule has 1 aliphatic carbocycles. The molecular formula is C20H24N2O. The SMILES string of the molecule is Cc1ccccc1[C@H]1C[C@@H]1C(=O)NCC(C)(C)c1ccncc1. The van der Waals surface area contributed by atoms with Gasteiger partial charge in [0.25, 0.3) is 0 Å². The second kappa shape index (κ2) is 6.15. The van der Waals surface area contributed by atoms with Crippen LogP contribution in [0.2, 0.25) is 0 Å². The van der Waals surface area contributed by atoms with Crippen LogP contribution in [-0.4, -0.2) is 17.4 Å². The third-order valence-electron chi connectivity index (χ3n) is 4.88. The van der Waals surface area contributed by atoms with Gasteiger partial charge in [-0.05, 0) is 48.1 Å². The summed E-state index contributed by atoms with van der Waals surface area (Å²) in [4.78, 5) is 16.5. The van der Waals surface area contributed by atoms with E-state index in [1.165, 1.54) is 16.7 Å². The molecule has 3 nitrogen and oxygen atoms in total. The molecule has 0 aliphatic heterocycles. The van der Waals surface area contributed by atoms with Gasteiger partial charge in [-0.15, -0.1) is 0 Å². The number of nitrogens with one attached hydrogen (secondary N) is 1. The van der Waals surface area contributed by atoms with Crippen LogP contribution in [0.25, 0.3) is 0 Å². The number of benzene rings is 1. The predicted octanol–water partition coefficient (Wildman–Crippen LogP) is 3.59. The van der Waals surface area contributed by atoms with Gasteiger partial charge in [-0.2, -0.15) is 0 Å². The van der Waals surface area contributed by atoms with Gasteiger partial charge in [-0.1, -0.05) is 38.1 Å².